The fourth-order valence-corrected chi connectivity index (χ4v) is 1.60. The molecule has 102 valence electrons. The van der Waals surface area contributed by atoms with Crippen LogP contribution in [0.3, 0.4) is 0 Å². The highest BCUT2D eigenvalue weighted by atomic mass is 19.4. The maximum atomic E-state index is 13.5. The summed E-state index contributed by atoms with van der Waals surface area (Å²) in [7, 11) is 0. The second-order valence-corrected chi connectivity index (χ2v) is 3.95. The molecular weight excluding hydrogens is 248 g/mol. The zero-order valence-corrected chi connectivity index (χ0v) is 9.88. The van der Waals surface area contributed by atoms with E-state index >= 15 is 0 Å². The minimum atomic E-state index is -4.24. The van der Waals surface area contributed by atoms with Gasteiger partial charge in [0.15, 0.2) is 0 Å². The van der Waals surface area contributed by atoms with Gasteiger partial charge in [-0.3, -0.25) is 0 Å². The van der Waals surface area contributed by atoms with E-state index in [2.05, 4.69) is 0 Å². The molecule has 0 aliphatic heterocycles. The first-order valence-corrected chi connectivity index (χ1v) is 5.70. The van der Waals surface area contributed by atoms with Gasteiger partial charge in [0.2, 0.25) is 0 Å². The van der Waals surface area contributed by atoms with E-state index < -0.39 is 18.4 Å². The topological polar surface area (TPSA) is 29.3 Å². The van der Waals surface area contributed by atoms with Crippen molar-refractivity contribution in [1.29, 1.82) is 0 Å². The summed E-state index contributed by atoms with van der Waals surface area (Å²) in [6, 6.07) is 5.81. The average Bonchev–Trinajstić information content (AvgIpc) is 2.29. The van der Waals surface area contributed by atoms with Crippen LogP contribution in [0.1, 0.15) is 12.8 Å². The smallest absolute Gasteiger partial charge is 0.369 e. The average molecular weight is 264 g/mol. The Kier molecular flexibility index (Phi) is 5.40. The summed E-state index contributed by atoms with van der Waals surface area (Å²) >= 11 is 0. The van der Waals surface area contributed by atoms with Gasteiger partial charge in [-0.2, -0.15) is 13.2 Å². The Morgan fingerprint density at radius 3 is 2.33 bits per heavy atom. The molecule has 0 bridgehead atoms. The molecule has 0 fully saturated rings. The Labute approximate surface area is 103 Å². The minimum absolute atomic E-state index is 0.190. The molecule has 0 saturated heterocycles. The number of anilines is 1. The second-order valence-electron chi connectivity index (χ2n) is 3.95. The summed E-state index contributed by atoms with van der Waals surface area (Å²) in [5, 5.41) is 0. The summed E-state index contributed by atoms with van der Waals surface area (Å²) in [4.78, 5) is 1.38. The molecule has 0 unspecified atom stereocenters. The number of hydrogen-bond donors (Lipinski definition) is 1. The summed E-state index contributed by atoms with van der Waals surface area (Å²) < 4.78 is 50.2. The number of nitrogens with zero attached hydrogens (tertiary/aromatic N) is 1. The molecular formula is C12H16F4N2. The van der Waals surface area contributed by atoms with E-state index in [1.807, 2.05) is 0 Å². The molecule has 2 nitrogen and oxygen atoms in total. The molecule has 6 heteroatoms. The van der Waals surface area contributed by atoms with E-state index in [-0.39, 0.29) is 12.2 Å². The van der Waals surface area contributed by atoms with E-state index in [1.54, 1.807) is 6.07 Å². The predicted octanol–water partition coefficient (Wildman–Crippen LogP) is 2.93. The standard InChI is InChI=1S/C12H16F4N2/c13-10-4-1-2-5-11(10)18(8-3-7-17)9-6-12(14,15)16/h1-2,4-5H,3,6-9,17H2. The van der Waals surface area contributed by atoms with Crippen molar-refractivity contribution in [2.24, 2.45) is 5.73 Å². The van der Waals surface area contributed by atoms with Gasteiger partial charge in [0.05, 0.1) is 12.1 Å². The van der Waals surface area contributed by atoms with Crippen molar-refractivity contribution in [3.05, 3.63) is 30.1 Å². The molecule has 0 aromatic heterocycles. The zero-order chi connectivity index (χ0) is 13.6. The van der Waals surface area contributed by atoms with Crippen LogP contribution in [-0.4, -0.2) is 25.8 Å². The first-order chi connectivity index (χ1) is 8.44. The molecule has 1 rings (SSSR count). The lowest BCUT2D eigenvalue weighted by Gasteiger charge is -2.25. The maximum Gasteiger partial charge on any atom is 0.390 e. The predicted molar refractivity (Wildman–Crippen MR) is 63.0 cm³/mol. The lowest BCUT2D eigenvalue weighted by molar-refractivity contribution is -0.132. The van der Waals surface area contributed by atoms with Crippen molar-refractivity contribution in [2.75, 3.05) is 24.5 Å². The number of rotatable bonds is 6. The summed E-state index contributed by atoms with van der Waals surface area (Å²) in [5.41, 5.74) is 5.52. The molecule has 1 aromatic rings. The molecule has 0 amide bonds. The van der Waals surface area contributed by atoms with Gasteiger partial charge < -0.3 is 10.6 Å². The highest BCUT2D eigenvalue weighted by Crippen LogP contribution is 2.24. The van der Waals surface area contributed by atoms with Crippen molar-refractivity contribution in [3.63, 3.8) is 0 Å². The van der Waals surface area contributed by atoms with Crippen LogP contribution in [0.25, 0.3) is 0 Å². The number of benzene rings is 1. The molecule has 2 N–H and O–H groups in total. The highest BCUT2D eigenvalue weighted by Gasteiger charge is 2.28. The van der Waals surface area contributed by atoms with Crippen LogP contribution in [0.5, 0.6) is 0 Å². The third-order valence-electron chi connectivity index (χ3n) is 2.49. The van der Waals surface area contributed by atoms with Crippen molar-refractivity contribution in [2.45, 2.75) is 19.0 Å². The summed E-state index contributed by atoms with van der Waals surface area (Å²) in [6.45, 7) is 0.412. The van der Waals surface area contributed by atoms with Gasteiger partial charge in [0, 0.05) is 13.1 Å². The van der Waals surface area contributed by atoms with Gasteiger partial charge in [-0.05, 0) is 25.1 Å². The van der Waals surface area contributed by atoms with E-state index in [0.29, 0.717) is 19.5 Å². The number of nitrogens with two attached hydrogens (primary N) is 1. The molecule has 0 heterocycles. The lowest BCUT2D eigenvalue weighted by atomic mass is 10.2. The Bertz CT molecular complexity index is 365. The SMILES string of the molecule is NCCCN(CCC(F)(F)F)c1ccccc1F. The quantitative estimate of drug-likeness (QED) is 0.800. The fourth-order valence-electron chi connectivity index (χ4n) is 1.60. The van der Waals surface area contributed by atoms with Crippen LogP contribution in [0.15, 0.2) is 24.3 Å². The molecule has 18 heavy (non-hydrogen) atoms. The third kappa shape index (κ3) is 4.91. The van der Waals surface area contributed by atoms with Crippen LogP contribution < -0.4 is 10.6 Å². The van der Waals surface area contributed by atoms with Crippen LogP contribution in [-0.2, 0) is 0 Å². The van der Waals surface area contributed by atoms with Crippen molar-refractivity contribution < 1.29 is 17.6 Å². The molecule has 0 aliphatic carbocycles. The Morgan fingerprint density at radius 2 is 1.78 bits per heavy atom. The Balaban J connectivity index is 2.75. The lowest BCUT2D eigenvalue weighted by Crippen LogP contribution is -2.30. The van der Waals surface area contributed by atoms with E-state index in [1.165, 1.54) is 23.1 Å². The van der Waals surface area contributed by atoms with E-state index in [9.17, 15) is 17.6 Å². The minimum Gasteiger partial charge on any atom is -0.369 e. The van der Waals surface area contributed by atoms with Gasteiger partial charge in [-0.15, -0.1) is 0 Å². The maximum absolute atomic E-state index is 13.5. The van der Waals surface area contributed by atoms with Gasteiger partial charge in [-0.25, -0.2) is 4.39 Å². The Hall–Kier alpha value is -1.30. The number of hydrogen-bond acceptors (Lipinski definition) is 2. The van der Waals surface area contributed by atoms with Gasteiger partial charge in [0.25, 0.3) is 0 Å². The van der Waals surface area contributed by atoms with Crippen molar-refractivity contribution in [3.8, 4) is 0 Å². The van der Waals surface area contributed by atoms with Crippen molar-refractivity contribution in [1.82, 2.24) is 0 Å². The molecule has 0 atom stereocenters. The fraction of sp³-hybridized carbons (Fsp3) is 0.500. The number of para-hydroxylation sites is 1. The Morgan fingerprint density at radius 1 is 1.11 bits per heavy atom. The largest absolute Gasteiger partial charge is 0.390 e. The first-order valence-electron chi connectivity index (χ1n) is 5.70. The summed E-state index contributed by atoms with van der Waals surface area (Å²) in [6.07, 6.45) is -4.69. The van der Waals surface area contributed by atoms with E-state index in [4.69, 9.17) is 5.73 Å². The van der Waals surface area contributed by atoms with Gasteiger partial charge in [0.1, 0.15) is 5.82 Å². The van der Waals surface area contributed by atoms with E-state index in [0.717, 1.165) is 0 Å². The molecule has 0 spiro atoms. The third-order valence-corrected chi connectivity index (χ3v) is 2.49. The molecule has 1 aromatic carbocycles. The summed E-state index contributed by atoms with van der Waals surface area (Å²) in [5.74, 6) is -0.517. The van der Waals surface area contributed by atoms with Gasteiger partial charge in [-0.1, -0.05) is 12.1 Å². The van der Waals surface area contributed by atoms with Crippen molar-refractivity contribution >= 4 is 5.69 Å². The zero-order valence-electron chi connectivity index (χ0n) is 9.88. The molecule has 0 aliphatic rings. The molecule has 0 radical (unpaired) electrons. The van der Waals surface area contributed by atoms with Gasteiger partial charge >= 0.3 is 6.18 Å². The van der Waals surface area contributed by atoms with Crippen LogP contribution in [0.4, 0.5) is 23.2 Å². The number of halogens is 4. The normalized spacial score (nSPS) is 11.6. The monoisotopic (exact) mass is 264 g/mol. The molecule has 0 saturated carbocycles. The van der Waals surface area contributed by atoms with Crippen LogP contribution in [0, 0.1) is 5.82 Å². The van der Waals surface area contributed by atoms with Crippen LogP contribution in [0.2, 0.25) is 0 Å². The highest BCUT2D eigenvalue weighted by molar-refractivity contribution is 5.47. The first kappa shape index (κ1) is 14.8. The van der Waals surface area contributed by atoms with Crippen LogP contribution >= 0.6 is 0 Å². The number of alkyl halides is 3. The second kappa shape index (κ2) is 6.58.